The zero-order valence-electron chi connectivity index (χ0n) is 9.79. The Morgan fingerprint density at radius 3 is 2.37 bits per heavy atom. The van der Waals surface area contributed by atoms with Gasteiger partial charge in [-0.25, -0.2) is 4.79 Å². The first-order chi connectivity index (χ1) is 8.71. The fraction of sp³-hybridized carbons (Fsp3) is 0.364. The van der Waals surface area contributed by atoms with Gasteiger partial charge < -0.3 is 15.6 Å². The van der Waals surface area contributed by atoms with Crippen LogP contribution in [-0.2, 0) is 9.53 Å². The number of esters is 1. The zero-order valence-corrected chi connectivity index (χ0v) is 14.1. The van der Waals surface area contributed by atoms with Crippen molar-refractivity contribution in [3.63, 3.8) is 0 Å². The molecule has 0 aliphatic heterocycles. The van der Waals surface area contributed by atoms with Gasteiger partial charge >= 0.3 is 11.9 Å². The van der Waals surface area contributed by atoms with Crippen molar-refractivity contribution in [3.05, 3.63) is 24.8 Å². The first-order valence-electron chi connectivity index (χ1n) is 5.20. The van der Waals surface area contributed by atoms with Gasteiger partial charge in [-0.15, -0.1) is 0 Å². The second kappa shape index (κ2) is 6.48. The van der Waals surface area contributed by atoms with E-state index in [-0.39, 0.29) is 17.9 Å². The normalized spacial score (nSPS) is 13.2. The molecule has 106 valence electrons. The van der Waals surface area contributed by atoms with Gasteiger partial charge in [0, 0.05) is 0 Å². The molecule has 4 nitrogen and oxygen atoms in total. The number of phenols is 1. The molecule has 0 bridgehead atoms. The summed E-state index contributed by atoms with van der Waals surface area (Å²) >= 11 is 3.60. The number of alkyl halides is 2. The minimum atomic E-state index is -3.82. The van der Waals surface area contributed by atoms with E-state index >= 15 is 0 Å². The summed E-state index contributed by atoms with van der Waals surface area (Å²) in [7, 11) is 0. The van der Waals surface area contributed by atoms with Gasteiger partial charge in [0.25, 0.3) is 0 Å². The fourth-order valence-electron chi connectivity index (χ4n) is 1.33. The summed E-state index contributed by atoms with van der Waals surface area (Å²) in [6.45, 7) is 1.29. The predicted molar refractivity (Wildman–Crippen MR) is 82.0 cm³/mol. The topological polar surface area (TPSA) is 72.5 Å². The smallest absolute Gasteiger partial charge is 0.379 e. The lowest BCUT2D eigenvalue weighted by atomic mass is 10.0. The maximum Gasteiger partial charge on any atom is 0.379 e. The summed E-state index contributed by atoms with van der Waals surface area (Å²) in [4.78, 5) is 11.2. The number of aromatic hydroxyl groups is 1. The third-order valence-corrected chi connectivity index (χ3v) is 3.98. The number of carbonyl (C=O) groups excluding carboxylic acids is 1. The number of carbonyl (C=O) groups is 1. The minimum Gasteiger partial charge on any atom is -0.506 e. The Bertz CT molecular complexity index is 474. The molecule has 0 amide bonds. The third-order valence-electron chi connectivity index (χ3n) is 2.34. The lowest BCUT2D eigenvalue weighted by Crippen LogP contribution is -2.41. The molecule has 3 N–H and O–H groups in total. The number of halogens is 4. The summed E-state index contributed by atoms with van der Waals surface area (Å²) in [5.74, 6) is -5.48. The Labute approximate surface area is 136 Å². The predicted octanol–water partition coefficient (Wildman–Crippen LogP) is 2.80. The summed E-state index contributed by atoms with van der Waals surface area (Å²) in [5, 5.41) is 9.57. The Morgan fingerprint density at radius 2 is 1.95 bits per heavy atom. The van der Waals surface area contributed by atoms with Crippen LogP contribution in [0.1, 0.15) is 18.5 Å². The van der Waals surface area contributed by atoms with Crippen molar-refractivity contribution >= 4 is 51.2 Å². The van der Waals surface area contributed by atoms with Crippen LogP contribution >= 0.6 is 45.2 Å². The number of rotatable bonds is 4. The van der Waals surface area contributed by atoms with Gasteiger partial charge in [-0.2, -0.15) is 8.78 Å². The maximum atomic E-state index is 13.8. The van der Waals surface area contributed by atoms with Crippen LogP contribution in [-0.4, -0.2) is 23.6 Å². The number of hydrogen-bond donors (Lipinski definition) is 2. The lowest BCUT2D eigenvalue weighted by molar-refractivity contribution is -0.174. The van der Waals surface area contributed by atoms with Crippen LogP contribution in [0.4, 0.5) is 8.78 Å². The van der Waals surface area contributed by atoms with Crippen LogP contribution in [0.3, 0.4) is 0 Å². The highest BCUT2D eigenvalue weighted by molar-refractivity contribution is 14.1. The molecule has 1 rings (SSSR count). The van der Waals surface area contributed by atoms with Crippen LogP contribution < -0.4 is 5.73 Å². The molecule has 0 spiro atoms. The van der Waals surface area contributed by atoms with Gasteiger partial charge in [0.15, 0.2) is 0 Å². The molecule has 1 atom stereocenters. The zero-order chi connectivity index (χ0) is 14.8. The molecular weight excluding hydrogens is 486 g/mol. The molecule has 0 aliphatic rings. The molecule has 0 aromatic heterocycles. The van der Waals surface area contributed by atoms with Crippen molar-refractivity contribution in [1.82, 2.24) is 0 Å². The quantitative estimate of drug-likeness (QED) is 0.496. The SMILES string of the molecule is CCOC(=O)C(F)(F)[C@@H](N)c1cc(I)c(O)c(I)c1. The number of phenolic OH excluding ortho intramolecular Hbond substituents is 1. The molecular formula is C11H11F2I2NO3. The monoisotopic (exact) mass is 497 g/mol. The molecule has 0 saturated heterocycles. The van der Waals surface area contributed by atoms with Crippen molar-refractivity contribution in [2.75, 3.05) is 6.61 Å². The molecule has 0 aliphatic carbocycles. The van der Waals surface area contributed by atoms with E-state index in [1.807, 2.05) is 0 Å². The Kier molecular flexibility index (Phi) is 5.74. The first kappa shape index (κ1) is 16.8. The number of nitrogens with two attached hydrogens (primary N) is 1. The van der Waals surface area contributed by atoms with E-state index in [0.29, 0.717) is 7.14 Å². The van der Waals surface area contributed by atoms with Crippen molar-refractivity contribution in [1.29, 1.82) is 0 Å². The van der Waals surface area contributed by atoms with Crippen molar-refractivity contribution in [2.45, 2.75) is 18.9 Å². The number of benzene rings is 1. The molecule has 8 heteroatoms. The van der Waals surface area contributed by atoms with E-state index in [9.17, 15) is 18.7 Å². The lowest BCUT2D eigenvalue weighted by Gasteiger charge is -2.22. The minimum absolute atomic E-state index is 0.00315. The molecule has 0 heterocycles. The summed E-state index contributed by atoms with van der Waals surface area (Å²) in [6.07, 6.45) is 0. The van der Waals surface area contributed by atoms with Crippen LogP contribution in [0.2, 0.25) is 0 Å². The molecule has 0 unspecified atom stereocenters. The summed E-state index contributed by atoms with van der Waals surface area (Å²) in [6, 6.07) is 0.806. The van der Waals surface area contributed by atoms with Gasteiger partial charge in [-0.1, -0.05) is 0 Å². The highest BCUT2D eigenvalue weighted by Gasteiger charge is 2.48. The Morgan fingerprint density at radius 1 is 1.47 bits per heavy atom. The van der Waals surface area contributed by atoms with Crippen LogP contribution in [0.15, 0.2) is 12.1 Å². The highest BCUT2D eigenvalue weighted by atomic mass is 127. The standard InChI is InChI=1S/C11H11F2I2NO3/c1-2-19-10(18)11(12,13)9(16)5-3-6(14)8(17)7(15)4-5/h3-4,9,17H,2,16H2,1H3/t9-/m0/s1. The second-order valence-corrected chi connectivity index (χ2v) is 5.98. The number of ether oxygens (including phenoxy) is 1. The number of hydrogen-bond acceptors (Lipinski definition) is 4. The van der Waals surface area contributed by atoms with E-state index in [1.54, 1.807) is 45.2 Å². The average molecular weight is 497 g/mol. The largest absolute Gasteiger partial charge is 0.506 e. The fourth-order valence-corrected chi connectivity index (χ4v) is 3.14. The van der Waals surface area contributed by atoms with Gasteiger partial charge in [0.05, 0.1) is 13.7 Å². The second-order valence-electron chi connectivity index (χ2n) is 3.65. The van der Waals surface area contributed by atoms with Crippen molar-refractivity contribution in [2.24, 2.45) is 5.73 Å². The van der Waals surface area contributed by atoms with E-state index in [2.05, 4.69) is 4.74 Å². The van der Waals surface area contributed by atoms with Crippen molar-refractivity contribution in [3.8, 4) is 5.75 Å². The molecule has 0 saturated carbocycles. The van der Waals surface area contributed by atoms with Gasteiger partial charge in [0.1, 0.15) is 11.8 Å². The molecule has 19 heavy (non-hydrogen) atoms. The van der Waals surface area contributed by atoms with Crippen LogP contribution in [0.5, 0.6) is 5.75 Å². The average Bonchev–Trinajstić information content (AvgIpc) is 2.34. The Balaban J connectivity index is 3.12. The van der Waals surface area contributed by atoms with E-state index in [0.717, 1.165) is 0 Å². The molecule has 1 aromatic rings. The van der Waals surface area contributed by atoms with E-state index in [4.69, 9.17) is 5.73 Å². The highest BCUT2D eigenvalue weighted by Crippen LogP contribution is 2.35. The molecule has 0 radical (unpaired) electrons. The van der Waals surface area contributed by atoms with Gasteiger partial charge in [-0.05, 0) is 69.8 Å². The van der Waals surface area contributed by atoms with E-state index in [1.165, 1.54) is 19.1 Å². The first-order valence-corrected chi connectivity index (χ1v) is 7.36. The Hall–Kier alpha value is -0.230. The molecule has 1 aromatic carbocycles. The summed E-state index contributed by atoms with van der Waals surface area (Å²) in [5.41, 5.74) is 5.51. The van der Waals surface area contributed by atoms with Crippen molar-refractivity contribution < 1.29 is 23.4 Å². The third kappa shape index (κ3) is 3.66. The van der Waals surface area contributed by atoms with Gasteiger partial charge in [-0.3, -0.25) is 0 Å². The maximum absolute atomic E-state index is 13.8. The van der Waals surface area contributed by atoms with E-state index < -0.39 is 17.9 Å². The summed E-state index contributed by atoms with van der Waals surface area (Å²) < 4.78 is 32.6. The van der Waals surface area contributed by atoms with Crippen LogP contribution in [0.25, 0.3) is 0 Å². The molecule has 0 fully saturated rings. The van der Waals surface area contributed by atoms with Crippen LogP contribution in [0, 0.1) is 7.14 Å². The van der Waals surface area contributed by atoms with Gasteiger partial charge in [0.2, 0.25) is 0 Å².